The third kappa shape index (κ3) is 2.81. The molecule has 4 saturated carbocycles. The summed E-state index contributed by atoms with van der Waals surface area (Å²) < 4.78 is 0. The van der Waals surface area contributed by atoms with Crippen LogP contribution >= 0.6 is 0 Å². The Kier molecular flexibility index (Phi) is 5.53. The largest absolute Gasteiger partial charge is 0.481 e. The lowest BCUT2D eigenvalue weighted by atomic mass is 9.33. The molecule has 0 bridgehead atoms. The summed E-state index contributed by atoms with van der Waals surface area (Å²) in [6.07, 6.45) is 7.77. The van der Waals surface area contributed by atoms with E-state index >= 15 is 0 Å². The topological polar surface area (TPSA) is 115 Å². The highest BCUT2D eigenvalue weighted by Gasteiger charge is 2.72. The summed E-state index contributed by atoms with van der Waals surface area (Å²) in [7, 11) is 0. The molecule has 0 spiro atoms. The molecule has 0 aromatic heterocycles. The molecule has 0 radical (unpaired) electrons. The molecule has 5 aliphatic rings. The van der Waals surface area contributed by atoms with Crippen molar-refractivity contribution < 1.29 is 30.0 Å². The van der Waals surface area contributed by atoms with E-state index in [1.165, 1.54) is 0 Å². The van der Waals surface area contributed by atoms with Gasteiger partial charge in [0.05, 0.1) is 22.5 Å². The molecular weight excluding hydrogens is 456 g/mol. The van der Waals surface area contributed by atoms with Crippen LogP contribution in [0.3, 0.4) is 0 Å². The lowest BCUT2D eigenvalue weighted by Crippen LogP contribution is -2.68. The average Bonchev–Trinajstić information content (AvgIpc) is 2.79. The highest BCUT2D eigenvalue weighted by atomic mass is 16.4. The van der Waals surface area contributed by atoms with Gasteiger partial charge in [-0.05, 0) is 106 Å². The second kappa shape index (κ2) is 7.59. The van der Waals surface area contributed by atoms with Crippen LogP contribution in [0.15, 0.2) is 11.6 Å². The van der Waals surface area contributed by atoms with E-state index in [2.05, 4.69) is 33.8 Å². The summed E-state index contributed by atoms with van der Waals surface area (Å²) in [5.41, 5.74) is -2.66. The van der Waals surface area contributed by atoms with Crippen LogP contribution in [-0.4, -0.2) is 44.1 Å². The van der Waals surface area contributed by atoms with Crippen LogP contribution in [0.5, 0.6) is 0 Å². The number of aliphatic carboxylic acids is 2. The molecule has 0 aliphatic heterocycles. The molecule has 0 aromatic carbocycles. The quantitative estimate of drug-likeness (QED) is 0.383. The zero-order chi connectivity index (χ0) is 26.7. The number of hydrogen-bond acceptors (Lipinski definition) is 4. The van der Waals surface area contributed by atoms with Crippen molar-refractivity contribution in [1.29, 1.82) is 0 Å². The molecule has 11 atom stereocenters. The van der Waals surface area contributed by atoms with Gasteiger partial charge in [0.25, 0.3) is 0 Å². The molecule has 0 amide bonds. The van der Waals surface area contributed by atoms with E-state index in [0.717, 1.165) is 44.1 Å². The molecule has 6 heteroatoms. The lowest BCUT2D eigenvalue weighted by molar-refractivity contribution is -0.224. The molecule has 4 fully saturated rings. The van der Waals surface area contributed by atoms with Gasteiger partial charge in [0, 0.05) is 5.92 Å². The first kappa shape index (κ1) is 26.2. The molecule has 0 aromatic rings. The summed E-state index contributed by atoms with van der Waals surface area (Å²) in [6.45, 7) is 12.6. The number of hydrogen-bond donors (Lipinski definition) is 4. The minimum atomic E-state index is -1.16. The van der Waals surface area contributed by atoms with Gasteiger partial charge < -0.3 is 20.4 Å². The van der Waals surface area contributed by atoms with Gasteiger partial charge in [0.15, 0.2) is 0 Å². The third-order valence-corrected chi connectivity index (χ3v) is 13.6. The number of aliphatic hydroxyl groups excluding tert-OH is 1. The Morgan fingerprint density at radius 2 is 1.53 bits per heavy atom. The van der Waals surface area contributed by atoms with Crippen molar-refractivity contribution in [3.8, 4) is 0 Å². The predicted octanol–water partition coefficient (Wildman–Crippen LogP) is 5.27. The Labute approximate surface area is 215 Å². The fourth-order valence-corrected chi connectivity index (χ4v) is 10.8. The number of allylic oxidation sites excluding steroid dienone is 1. The highest BCUT2D eigenvalue weighted by Crippen LogP contribution is 2.76. The predicted molar refractivity (Wildman–Crippen MR) is 136 cm³/mol. The van der Waals surface area contributed by atoms with Gasteiger partial charge in [-0.1, -0.05) is 39.3 Å². The highest BCUT2D eigenvalue weighted by molar-refractivity contribution is 5.77. The van der Waals surface area contributed by atoms with E-state index in [0.29, 0.717) is 19.3 Å². The van der Waals surface area contributed by atoms with Crippen molar-refractivity contribution in [2.24, 2.45) is 50.7 Å². The van der Waals surface area contributed by atoms with Crippen molar-refractivity contribution >= 4 is 11.9 Å². The minimum absolute atomic E-state index is 0.0214. The van der Waals surface area contributed by atoms with Gasteiger partial charge in [-0.3, -0.25) is 9.59 Å². The van der Waals surface area contributed by atoms with E-state index < -0.39 is 40.4 Å². The first-order valence-electron chi connectivity index (χ1n) is 14.1. The number of carboxylic acids is 2. The Bertz CT molecular complexity index is 1020. The van der Waals surface area contributed by atoms with Gasteiger partial charge in [-0.25, -0.2) is 0 Å². The Morgan fingerprint density at radius 1 is 0.861 bits per heavy atom. The summed E-state index contributed by atoms with van der Waals surface area (Å²) in [5.74, 6) is -1.93. The molecule has 4 N–H and O–H groups in total. The number of aliphatic hydroxyl groups is 2. The van der Waals surface area contributed by atoms with E-state index in [1.807, 2.05) is 6.92 Å². The number of fused-ring (bicyclic) bond motifs is 7. The second-order valence-corrected chi connectivity index (χ2v) is 14.5. The van der Waals surface area contributed by atoms with Gasteiger partial charge in [0.1, 0.15) is 0 Å². The van der Waals surface area contributed by atoms with Gasteiger partial charge in [-0.15, -0.1) is 0 Å². The smallest absolute Gasteiger partial charge is 0.312 e. The summed E-state index contributed by atoms with van der Waals surface area (Å²) in [6, 6.07) is 0. The average molecular weight is 503 g/mol. The summed E-state index contributed by atoms with van der Waals surface area (Å²) in [5, 5.41) is 43.5. The van der Waals surface area contributed by atoms with Crippen molar-refractivity contribution in [2.75, 3.05) is 0 Å². The number of carboxylic acid groups (broad SMARTS) is 2. The van der Waals surface area contributed by atoms with Crippen LogP contribution in [-0.2, 0) is 9.59 Å². The van der Waals surface area contributed by atoms with E-state index in [1.54, 1.807) is 6.92 Å². The zero-order valence-corrected chi connectivity index (χ0v) is 22.9. The molecule has 0 unspecified atom stereocenters. The van der Waals surface area contributed by atoms with Crippen molar-refractivity contribution in [3.63, 3.8) is 0 Å². The number of rotatable bonds is 2. The number of carbonyl (C=O) groups is 2. The molecule has 5 rings (SSSR count). The van der Waals surface area contributed by atoms with Crippen molar-refractivity contribution in [3.05, 3.63) is 11.6 Å². The van der Waals surface area contributed by atoms with Crippen LogP contribution in [0, 0.1) is 50.7 Å². The van der Waals surface area contributed by atoms with E-state index in [-0.39, 0.29) is 34.0 Å². The maximum absolute atomic E-state index is 12.8. The fourth-order valence-electron chi connectivity index (χ4n) is 10.8. The molecule has 0 saturated heterocycles. The fraction of sp³-hybridized carbons (Fsp3) is 0.867. The first-order valence-corrected chi connectivity index (χ1v) is 14.1. The molecule has 36 heavy (non-hydrogen) atoms. The van der Waals surface area contributed by atoms with E-state index in [9.17, 15) is 30.0 Å². The molecule has 5 aliphatic carbocycles. The molecule has 6 nitrogen and oxygen atoms in total. The normalized spacial score (nSPS) is 56.3. The van der Waals surface area contributed by atoms with Gasteiger partial charge >= 0.3 is 11.9 Å². The van der Waals surface area contributed by atoms with Crippen molar-refractivity contribution in [2.45, 2.75) is 111 Å². The van der Waals surface area contributed by atoms with Gasteiger partial charge in [-0.2, -0.15) is 0 Å². The maximum atomic E-state index is 12.8. The Balaban J connectivity index is 1.64. The second-order valence-electron chi connectivity index (χ2n) is 14.5. The summed E-state index contributed by atoms with van der Waals surface area (Å²) >= 11 is 0. The lowest BCUT2D eigenvalue weighted by Gasteiger charge is -2.71. The van der Waals surface area contributed by atoms with Crippen LogP contribution in [0.4, 0.5) is 0 Å². The third-order valence-electron chi connectivity index (χ3n) is 13.6. The summed E-state index contributed by atoms with van der Waals surface area (Å²) in [4.78, 5) is 25.4. The molecular formula is C30H46O6. The van der Waals surface area contributed by atoms with Crippen LogP contribution in [0.1, 0.15) is 99.3 Å². The molecule has 202 valence electrons. The van der Waals surface area contributed by atoms with Crippen LogP contribution in [0.25, 0.3) is 0 Å². The standard InChI is InChI=1S/C30H46O6/c1-17-9-14-30(24(34)35)16-15-26(3)18(22(30)29(17,6)36)7-8-19-25(2)12-11-21(31)28(5,23(32)33)20(25)10-13-27(19,26)4/h7,17,19-22,31,36H,8-16H2,1-6H3,(H,32,33)(H,34,35)/t17-,19-,20-,21+,22-,25-,26-,27-,28-,29-,30+/m1/s1. The van der Waals surface area contributed by atoms with Gasteiger partial charge in [0.2, 0.25) is 0 Å². The van der Waals surface area contributed by atoms with Crippen molar-refractivity contribution in [1.82, 2.24) is 0 Å². The Hall–Kier alpha value is -1.40. The maximum Gasteiger partial charge on any atom is 0.312 e. The molecule has 0 heterocycles. The first-order chi connectivity index (χ1) is 16.5. The SMILES string of the molecule is C[C@@H]1CC[C@]2(C(=O)O)CC[C@]3(C)C(=CC[C@@H]4[C@@]5(C)CC[C@H](O)[C@](C)(C(=O)O)[C@@H]5CC[C@]43C)[C@@H]2[C@]1(C)O. The van der Waals surface area contributed by atoms with Crippen LogP contribution < -0.4 is 0 Å². The zero-order valence-electron chi connectivity index (χ0n) is 22.9. The van der Waals surface area contributed by atoms with Crippen LogP contribution in [0.2, 0.25) is 0 Å². The Morgan fingerprint density at radius 3 is 2.14 bits per heavy atom. The minimum Gasteiger partial charge on any atom is -0.481 e. The van der Waals surface area contributed by atoms with E-state index in [4.69, 9.17) is 0 Å². The monoisotopic (exact) mass is 502 g/mol.